The number of nitrogens with one attached hydrogen (secondary N) is 1. The maximum Gasteiger partial charge on any atom is 0.260 e. The second-order valence-corrected chi connectivity index (χ2v) is 7.97. The van der Waals surface area contributed by atoms with E-state index in [0.29, 0.717) is 28.1 Å². The Bertz CT molecular complexity index is 854. The third-order valence-electron chi connectivity index (χ3n) is 5.08. The lowest BCUT2D eigenvalue weighted by atomic mass is 10.1. The van der Waals surface area contributed by atoms with Crippen LogP contribution in [0.5, 0.6) is 11.5 Å². The number of methoxy groups -OCH3 is 1. The molecule has 1 N–H and O–H groups in total. The molecule has 1 heterocycles. The largest absolute Gasteiger partial charge is 0.493 e. The Morgan fingerprint density at radius 1 is 1.14 bits per heavy atom. The third kappa shape index (κ3) is 5.78. The Labute approximate surface area is 181 Å². The average molecular weight is 437 g/mol. The number of ether oxygens (including phenoxy) is 2. The number of likely N-dealkylation sites (tertiary alicyclic amines) is 1. The summed E-state index contributed by atoms with van der Waals surface area (Å²) < 4.78 is 11.2. The van der Waals surface area contributed by atoms with Crippen LogP contribution in [0.4, 0.5) is 0 Å². The quantitative estimate of drug-likeness (QED) is 0.641. The van der Waals surface area contributed by atoms with E-state index in [9.17, 15) is 4.79 Å². The van der Waals surface area contributed by atoms with Gasteiger partial charge in [-0.2, -0.15) is 0 Å². The van der Waals surface area contributed by atoms with E-state index >= 15 is 0 Å². The highest BCUT2D eigenvalue weighted by atomic mass is 35.5. The fraction of sp³-hybridized carbons (Fsp3) is 0.409. The number of benzene rings is 2. The van der Waals surface area contributed by atoms with E-state index in [-0.39, 0.29) is 18.6 Å². The minimum absolute atomic E-state index is 0.0176. The van der Waals surface area contributed by atoms with Crippen molar-refractivity contribution in [3.63, 3.8) is 0 Å². The highest BCUT2D eigenvalue weighted by molar-refractivity contribution is 6.35. The number of nitrogens with zero attached hydrogens (tertiary/aromatic N) is 1. The molecule has 1 unspecified atom stereocenters. The molecule has 0 saturated carbocycles. The Morgan fingerprint density at radius 2 is 1.90 bits per heavy atom. The Balaban J connectivity index is 1.58. The van der Waals surface area contributed by atoms with Crippen molar-refractivity contribution in [2.45, 2.75) is 32.4 Å². The van der Waals surface area contributed by atoms with E-state index in [1.165, 1.54) is 0 Å². The first-order valence-electron chi connectivity index (χ1n) is 9.73. The molecule has 1 saturated heterocycles. The van der Waals surface area contributed by atoms with Crippen molar-refractivity contribution in [2.24, 2.45) is 0 Å². The van der Waals surface area contributed by atoms with Gasteiger partial charge in [0.05, 0.1) is 7.11 Å². The van der Waals surface area contributed by atoms with E-state index in [2.05, 4.69) is 5.32 Å². The summed E-state index contributed by atoms with van der Waals surface area (Å²) in [6, 6.07) is 11.3. The van der Waals surface area contributed by atoms with Crippen molar-refractivity contribution in [3.05, 3.63) is 57.6 Å². The maximum atomic E-state index is 12.2. The van der Waals surface area contributed by atoms with Gasteiger partial charge in [-0.3, -0.25) is 4.79 Å². The number of amides is 1. The summed E-state index contributed by atoms with van der Waals surface area (Å²) in [5, 5.41) is 4.71. The molecular formula is C22H26Cl2N2O3. The number of hydrogen-bond acceptors (Lipinski definition) is 4. The van der Waals surface area contributed by atoms with Crippen molar-refractivity contribution in [1.82, 2.24) is 10.2 Å². The zero-order valence-corrected chi connectivity index (χ0v) is 18.2. The fourth-order valence-electron chi connectivity index (χ4n) is 3.37. The molecule has 3 rings (SSSR count). The third-order valence-corrected chi connectivity index (χ3v) is 5.64. The van der Waals surface area contributed by atoms with Gasteiger partial charge < -0.3 is 19.7 Å². The van der Waals surface area contributed by atoms with Crippen LogP contribution in [-0.2, 0) is 11.3 Å². The predicted octanol–water partition coefficient (Wildman–Crippen LogP) is 4.85. The Kier molecular flexibility index (Phi) is 7.64. The van der Waals surface area contributed by atoms with E-state index in [4.69, 9.17) is 32.7 Å². The van der Waals surface area contributed by atoms with Crippen molar-refractivity contribution >= 4 is 29.1 Å². The molecule has 156 valence electrons. The predicted molar refractivity (Wildman–Crippen MR) is 116 cm³/mol. The lowest BCUT2D eigenvalue weighted by molar-refractivity contribution is -0.132. The van der Waals surface area contributed by atoms with Crippen molar-refractivity contribution in [1.29, 1.82) is 0 Å². The summed E-state index contributed by atoms with van der Waals surface area (Å²) in [6.07, 6.45) is 2.13. The van der Waals surface area contributed by atoms with Gasteiger partial charge in [0.15, 0.2) is 18.1 Å². The second kappa shape index (κ2) is 10.2. The molecule has 1 atom stereocenters. The van der Waals surface area contributed by atoms with Crippen LogP contribution in [0, 0.1) is 0 Å². The van der Waals surface area contributed by atoms with Gasteiger partial charge in [0.1, 0.15) is 0 Å². The molecule has 0 bridgehead atoms. The SMILES string of the molecule is COc1cc(CNC(C)c2ccc(Cl)cc2Cl)ccc1OCC(=O)N1CCCC1. The minimum atomic E-state index is 0.0176. The number of halogens is 2. The van der Waals surface area contributed by atoms with Gasteiger partial charge >= 0.3 is 0 Å². The molecule has 1 aliphatic heterocycles. The van der Waals surface area contributed by atoms with Crippen LogP contribution in [0.15, 0.2) is 36.4 Å². The molecule has 2 aromatic rings. The van der Waals surface area contributed by atoms with Crippen LogP contribution in [0.1, 0.15) is 36.9 Å². The van der Waals surface area contributed by atoms with Crippen molar-refractivity contribution in [3.8, 4) is 11.5 Å². The van der Waals surface area contributed by atoms with Crippen LogP contribution < -0.4 is 14.8 Å². The monoisotopic (exact) mass is 436 g/mol. The van der Waals surface area contributed by atoms with Crippen LogP contribution in [0.25, 0.3) is 0 Å². The average Bonchev–Trinajstić information content (AvgIpc) is 3.25. The normalized spacial score (nSPS) is 14.7. The number of hydrogen-bond donors (Lipinski definition) is 1. The number of carbonyl (C=O) groups is 1. The summed E-state index contributed by atoms with van der Waals surface area (Å²) in [5.74, 6) is 1.19. The van der Waals surface area contributed by atoms with Crippen LogP contribution in [-0.4, -0.2) is 37.6 Å². The van der Waals surface area contributed by atoms with E-state index in [0.717, 1.165) is 37.1 Å². The molecule has 0 aromatic heterocycles. The highest BCUT2D eigenvalue weighted by Gasteiger charge is 2.19. The number of rotatable bonds is 8. The van der Waals surface area contributed by atoms with E-state index in [1.54, 1.807) is 13.2 Å². The molecule has 29 heavy (non-hydrogen) atoms. The maximum absolute atomic E-state index is 12.2. The first-order valence-corrected chi connectivity index (χ1v) is 10.5. The van der Waals surface area contributed by atoms with Crippen molar-refractivity contribution in [2.75, 3.05) is 26.8 Å². The van der Waals surface area contributed by atoms with Gasteiger partial charge in [0.2, 0.25) is 0 Å². The molecule has 1 aliphatic rings. The standard InChI is InChI=1S/C22H26Cl2N2O3/c1-15(18-7-6-17(23)12-19(18)24)25-13-16-5-8-20(21(11-16)28-2)29-14-22(27)26-9-3-4-10-26/h5-8,11-12,15,25H,3-4,9-10,13-14H2,1-2H3. The molecule has 7 heteroatoms. The number of carbonyl (C=O) groups excluding carboxylic acids is 1. The molecular weight excluding hydrogens is 411 g/mol. The molecule has 0 spiro atoms. The smallest absolute Gasteiger partial charge is 0.260 e. The lowest BCUT2D eigenvalue weighted by Gasteiger charge is -2.18. The zero-order chi connectivity index (χ0) is 20.8. The Hall–Kier alpha value is -1.95. The van der Waals surface area contributed by atoms with E-state index in [1.807, 2.05) is 42.2 Å². The van der Waals surface area contributed by atoms with Crippen molar-refractivity contribution < 1.29 is 14.3 Å². The van der Waals surface area contributed by atoms with Crippen LogP contribution >= 0.6 is 23.2 Å². The summed E-state index contributed by atoms with van der Waals surface area (Å²) >= 11 is 12.3. The lowest BCUT2D eigenvalue weighted by Crippen LogP contribution is -2.32. The fourth-order valence-corrected chi connectivity index (χ4v) is 3.94. The first-order chi connectivity index (χ1) is 14.0. The first kappa shape index (κ1) is 21.8. The molecule has 1 fully saturated rings. The van der Waals surface area contributed by atoms with Gasteiger partial charge in [-0.05, 0) is 55.2 Å². The molecule has 1 amide bonds. The van der Waals surface area contributed by atoms with E-state index < -0.39 is 0 Å². The zero-order valence-electron chi connectivity index (χ0n) is 16.7. The second-order valence-electron chi connectivity index (χ2n) is 7.13. The summed E-state index contributed by atoms with van der Waals surface area (Å²) in [6.45, 7) is 4.34. The van der Waals surface area contributed by atoms with Crippen LogP contribution in [0.2, 0.25) is 10.0 Å². The molecule has 0 radical (unpaired) electrons. The van der Waals surface area contributed by atoms with Gasteiger partial charge in [-0.25, -0.2) is 0 Å². The molecule has 2 aromatic carbocycles. The summed E-state index contributed by atoms with van der Waals surface area (Å²) in [7, 11) is 1.60. The highest BCUT2D eigenvalue weighted by Crippen LogP contribution is 2.29. The molecule has 5 nitrogen and oxygen atoms in total. The topological polar surface area (TPSA) is 50.8 Å². The van der Waals surface area contributed by atoms with Crippen LogP contribution in [0.3, 0.4) is 0 Å². The Morgan fingerprint density at radius 3 is 2.59 bits per heavy atom. The molecule has 0 aliphatic carbocycles. The van der Waals surface area contributed by atoms with Gasteiger partial charge in [0.25, 0.3) is 5.91 Å². The van der Waals surface area contributed by atoms with Gasteiger partial charge in [-0.15, -0.1) is 0 Å². The summed E-state index contributed by atoms with van der Waals surface area (Å²) in [4.78, 5) is 14.0. The van der Waals surface area contributed by atoms with Gasteiger partial charge in [0, 0.05) is 35.7 Å². The summed E-state index contributed by atoms with van der Waals surface area (Å²) in [5.41, 5.74) is 2.03. The minimum Gasteiger partial charge on any atom is -0.493 e. The van der Waals surface area contributed by atoms with Gasteiger partial charge in [-0.1, -0.05) is 35.3 Å².